The van der Waals surface area contributed by atoms with Crippen LogP contribution < -0.4 is 4.74 Å². The van der Waals surface area contributed by atoms with Gasteiger partial charge in [-0.25, -0.2) is 4.98 Å². The predicted molar refractivity (Wildman–Crippen MR) is 77.0 cm³/mol. The van der Waals surface area contributed by atoms with E-state index in [1.54, 1.807) is 13.3 Å². The summed E-state index contributed by atoms with van der Waals surface area (Å²) < 4.78 is 12.5. The third-order valence-corrected chi connectivity index (χ3v) is 3.23. The van der Waals surface area contributed by atoms with E-state index in [0.29, 0.717) is 18.3 Å². The highest BCUT2D eigenvalue weighted by atomic mass is 16.5. The van der Waals surface area contributed by atoms with Gasteiger partial charge in [-0.15, -0.1) is 0 Å². The van der Waals surface area contributed by atoms with Crippen molar-refractivity contribution < 1.29 is 9.26 Å². The van der Waals surface area contributed by atoms with Crippen molar-refractivity contribution in [2.75, 3.05) is 7.11 Å². The molecule has 0 aliphatic carbocycles. The number of nitrogens with zero attached hydrogens (tertiary/aromatic N) is 4. The molecule has 0 aliphatic heterocycles. The van der Waals surface area contributed by atoms with Crippen molar-refractivity contribution in [2.24, 2.45) is 0 Å². The summed E-state index contributed by atoms with van der Waals surface area (Å²) in [5, 5.41) is 4.02. The molecule has 0 saturated carbocycles. The molecule has 6 nitrogen and oxygen atoms in total. The van der Waals surface area contributed by atoms with Crippen LogP contribution in [0.2, 0.25) is 0 Å². The van der Waals surface area contributed by atoms with Crippen molar-refractivity contribution in [1.29, 1.82) is 0 Å². The molecular weight excluding hydrogens is 268 g/mol. The Bertz CT molecular complexity index is 715. The molecule has 2 aromatic heterocycles. The lowest BCUT2D eigenvalue weighted by Gasteiger charge is -2.01. The van der Waals surface area contributed by atoms with E-state index in [0.717, 1.165) is 23.6 Å². The Hall–Kier alpha value is -2.63. The molecule has 3 aromatic rings. The molecular formula is C15H16N4O2. The number of hydrogen-bond donors (Lipinski definition) is 0. The van der Waals surface area contributed by atoms with Gasteiger partial charge in [0.15, 0.2) is 5.82 Å². The van der Waals surface area contributed by atoms with Crippen LogP contribution >= 0.6 is 0 Å². The number of aryl methyl sites for hydroxylation is 1. The molecule has 21 heavy (non-hydrogen) atoms. The fourth-order valence-electron chi connectivity index (χ4n) is 2.12. The van der Waals surface area contributed by atoms with Crippen LogP contribution in [0.1, 0.15) is 18.6 Å². The van der Waals surface area contributed by atoms with Gasteiger partial charge in [-0.05, 0) is 24.3 Å². The van der Waals surface area contributed by atoms with Gasteiger partial charge in [0, 0.05) is 24.4 Å². The van der Waals surface area contributed by atoms with Crippen molar-refractivity contribution in [1.82, 2.24) is 19.7 Å². The van der Waals surface area contributed by atoms with E-state index in [2.05, 4.69) is 22.0 Å². The third kappa shape index (κ3) is 2.79. The van der Waals surface area contributed by atoms with Gasteiger partial charge in [0.2, 0.25) is 0 Å². The summed E-state index contributed by atoms with van der Waals surface area (Å²) in [6.45, 7) is 2.63. The molecule has 6 heteroatoms. The quantitative estimate of drug-likeness (QED) is 0.720. The molecule has 0 bridgehead atoms. The largest absolute Gasteiger partial charge is 0.497 e. The Morgan fingerprint density at radius 2 is 2.05 bits per heavy atom. The third-order valence-electron chi connectivity index (χ3n) is 3.23. The van der Waals surface area contributed by atoms with Crippen LogP contribution in [0, 0.1) is 0 Å². The smallest absolute Gasteiger partial charge is 0.257 e. The number of ether oxygens (including phenoxy) is 1. The summed E-state index contributed by atoms with van der Waals surface area (Å²) >= 11 is 0. The molecule has 0 unspecified atom stereocenters. The van der Waals surface area contributed by atoms with E-state index in [1.165, 1.54) is 0 Å². The van der Waals surface area contributed by atoms with Crippen LogP contribution in [0.3, 0.4) is 0 Å². The highest BCUT2D eigenvalue weighted by molar-refractivity contribution is 5.54. The van der Waals surface area contributed by atoms with E-state index in [9.17, 15) is 0 Å². The molecule has 1 aromatic carbocycles. The Balaban J connectivity index is 1.79. The Labute approximate surface area is 122 Å². The molecule has 108 valence electrons. The van der Waals surface area contributed by atoms with Crippen LogP contribution in [0.5, 0.6) is 5.75 Å². The Morgan fingerprint density at radius 3 is 2.76 bits per heavy atom. The molecule has 0 aliphatic rings. The van der Waals surface area contributed by atoms with Crippen molar-refractivity contribution in [3.8, 4) is 17.2 Å². The van der Waals surface area contributed by atoms with E-state index in [-0.39, 0.29) is 0 Å². The first kappa shape index (κ1) is 13.4. The fraction of sp³-hybridized carbons (Fsp3) is 0.267. The number of methoxy groups -OCH3 is 1. The zero-order valence-corrected chi connectivity index (χ0v) is 12.0. The maximum absolute atomic E-state index is 5.31. The van der Waals surface area contributed by atoms with Crippen LogP contribution in [0.15, 0.2) is 41.2 Å². The lowest BCUT2D eigenvalue weighted by molar-refractivity contribution is 0.413. The molecule has 0 radical (unpaired) electrons. The van der Waals surface area contributed by atoms with E-state index >= 15 is 0 Å². The van der Waals surface area contributed by atoms with E-state index in [1.807, 2.05) is 35.0 Å². The fourth-order valence-corrected chi connectivity index (χ4v) is 2.12. The number of rotatable bonds is 5. The first-order valence-corrected chi connectivity index (χ1v) is 6.77. The van der Waals surface area contributed by atoms with E-state index < -0.39 is 0 Å². The van der Waals surface area contributed by atoms with Gasteiger partial charge < -0.3 is 13.8 Å². The van der Waals surface area contributed by atoms with Gasteiger partial charge in [0.1, 0.15) is 11.6 Å². The predicted octanol–water partition coefficient (Wildman–Crippen LogP) is 2.55. The standard InChI is InChI=1S/C15H16N4O2/c1-3-14-16-8-9-19(14)10-13-17-15(21-18-13)11-4-6-12(20-2)7-5-11/h4-9H,3,10H2,1-2H3. The van der Waals surface area contributed by atoms with Gasteiger partial charge >= 0.3 is 0 Å². The van der Waals surface area contributed by atoms with Crippen molar-refractivity contribution in [3.63, 3.8) is 0 Å². The molecule has 0 atom stereocenters. The minimum atomic E-state index is 0.505. The average molecular weight is 284 g/mol. The minimum Gasteiger partial charge on any atom is -0.497 e. The first-order valence-electron chi connectivity index (χ1n) is 6.77. The lowest BCUT2D eigenvalue weighted by Crippen LogP contribution is -2.04. The summed E-state index contributed by atoms with van der Waals surface area (Å²) in [5.74, 6) is 2.94. The second kappa shape index (κ2) is 5.78. The zero-order chi connectivity index (χ0) is 14.7. The molecule has 0 N–H and O–H groups in total. The summed E-state index contributed by atoms with van der Waals surface area (Å²) in [6, 6.07) is 7.52. The highest BCUT2D eigenvalue weighted by Gasteiger charge is 2.10. The highest BCUT2D eigenvalue weighted by Crippen LogP contribution is 2.20. The van der Waals surface area contributed by atoms with Gasteiger partial charge in [0.25, 0.3) is 5.89 Å². The average Bonchev–Trinajstić information content (AvgIpc) is 3.17. The topological polar surface area (TPSA) is 66.0 Å². The first-order chi connectivity index (χ1) is 10.3. The van der Waals surface area contributed by atoms with Gasteiger partial charge in [-0.3, -0.25) is 0 Å². The summed E-state index contributed by atoms with van der Waals surface area (Å²) in [5.41, 5.74) is 0.871. The van der Waals surface area contributed by atoms with Crippen LogP contribution in [0.25, 0.3) is 11.5 Å². The van der Waals surface area contributed by atoms with Gasteiger partial charge in [0.05, 0.1) is 13.7 Å². The maximum Gasteiger partial charge on any atom is 0.257 e. The molecule has 0 spiro atoms. The number of hydrogen-bond acceptors (Lipinski definition) is 5. The molecule has 2 heterocycles. The van der Waals surface area contributed by atoms with Gasteiger partial charge in [-0.1, -0.05) is 12.1 Å². The molecule has 0 fully saturated rings. The van der Waals surface area contributed by atoms with Gasteiger partial charge in [-0.2, -0.15) is 4.98 Å². The number of imidazole rings is 1. The summed E-state index contributed by atoms with van der Waals surface area (Å²) in [6.07, 6.45) is 4.57. The Kier molecular flexibility index (Phi) is 3.68. The van der Waals surface area contributed by atoms with Crippen molar-refractivity contribution in [3.05, 3.63) is 48.3 Å². The second-order valence-electron chi connectivity index (χ2n) is 4.57. The molecule has 0 saturated heterocycles. The van der Waals surface area contributed by atoms with Crippen LogP contribution in [0.4, 0.5) is 0 Å². The normalized spacial score (nSPS) is 10.8. The monoisotopic (exact) mass is 284 g/mol. The number of benzene rings is 1. The van der Waals surface area contributed by atoms with E-state index in [4.69, 9.17) is 9.26 Å². The number of aromatic nitrogens is 4. The molecule has 3 rings (SSSR count). The summed E-state index contributed by atoms with van der Waals surface area (Å²) in [4.78, 5) is 8.70. The summed E-state index contributed by atoms with van der Waals surface area (Å²) in [7, 11) is 1.64. The molecule has 0 amide bonds. The Morgan fingerprint density at radius 1 is 1.24 bits per heavy atom. The lowest BCUT2D eigenvalue weighted by atomic mass is 10.2. The van der Waals surface area contributed by atoms with Crippen LogP contribution in [-0.2, 0) is 13.0 Å². The zero-order valence-electron chi connectivity index (χ0n) is 12.0. The second-order valence-corrected chi connectivity index (χ2v) is 4.57. The SMILES string of the molecule is CCc1nccn1Cc1noc(-c2ccc(OC)cc2)n1. The van der Waals surface area contributed by atoms with Crippen LogP contribution in [-0.4, -0.2) is 26.8 Å². The minimum absolute atomic E-state index is 0.505. The van der Waals surface area contributed by atoms with Crippen molar-refractivity contribution >= 4 is 0 Å². The van der Waals surface area contributed by atoms with Crippen molar-refractivity contribution in [2.45, 2.75) is 19.9 Å². The maximum atomic E-state index is 5.31.